The molecule has 0 N–H and O–H groups in total. The van der Waals surface area contributed by atoms with Gasteiger partial charge >= 0.3 is 0 Å². The first-order valence-electron chi connectivity index (χ1n) is 3.66. The van der Waals surface area contributed by atoms with Crippen LogP contribution in [0.2, 0.25) is 0 Å². The van der Waals surface area contributed by atoms with Crippen LogP contribution in [0.15, 0.2) is 35.2 Å². The van der Waals surface area contributed by atoms with E-state index in [1.54, 1.807) is 17.4 Å². The Morgan fingerprint density at radius 2 is 2.42 bits per heavy atom. The molecule has 0 fully saturated rings. The summed E-state index contributed by atoms with van der Waals surface area (Å²) in [7, 11) is 0. The van der Waals surface area contributed by atoms with E-state index in [9.17, 15) is 4.79 Å². The molecule has 0 amide bonds. The highest BCUT2D eigenvalue weighted by Crippen LogP contribution is 2.11. The maximum Gasteiger partial charge on any atom is 0.143 e. The number of rotatable bonds is 3. The Hall–Kier alpha value is -1.15. The molecule has 0 unspecified atom stereocenters. The maximum absolute atomic E-state index is 10.1. The first-order chi connectivity index (χ1) is 5.83. The van der Waals surface area contributed by atoms with Crippen molar-refractivity contribution in [3.05, 3.63) is 40.1 Å². The first-order valence-corrected chi connectivity index (χ1v) is 4.54. The number of allylic oxidation sites excluding steroid dienone is 3. The van der Waals surface area contributed by atoms with Crippen molar-refractivity contribution in [3.63, 3.8) is 0 Å². The molecule has 0 aliphatic rings. The van der Waals surface area contributed by atoms with Crippen molar-refractivity contribution in [1.82, 2.24) is 0 Å². The Morgan fingerprint density at radius 3 is 3.00 bits per heavy atom. The van der Waals surface area contributed by atoms with Gasteiger partial charge in [-0.3, -0.25) is 4.79 Å². The fraction of sp³-hybridized carbons (Fsp3) is 0.100. The second-order valence-electron chi connectivity index (χ2n) is 2.40. The quantitative estimate of drug-likeness (QED) is 0.395. The summed E-state index contributed by atoms with van der Waals surface area (Å²) in [4.78, 5) is 11.3. The van der Waals surface area contributed by atoms with Gasteiger partial charge in [-0.15, -0.1) is 11.3 Å². The van der Waals surface area contributed by atoms with Crippen LogP contribution in [0.4, 0.5) is 0 Å². The standard InChI is InChI=1S/C10H10OS/c1-9(6-7-11)4-5-10-3-2-8-12-10/h2-8H,1H3/b5-4+,9-6+. The number of thiophene rings is 1. The lowest BCUT2D eigenvalue weighted by Gasteiger charge is -1.85. The van der Waals surface area contributed by atoms with Crippen molar-refractivity contribution in [3.8, 4) is 0 Å². The normalized spacial score (nSPS) is 12.2. The predicted molar refractivity (Wildman–Crippen MR) is 53.2 cm³/mol. The molecule has 0 radical (unpaired) electrons. The van der Waals surface area contributed by atoms with Crippen molar-refractivity contribution in [2.75, 3.05) is 0 Å². The molecule has 1 aromatic heterocycles. The van der Waals surface area contributed by atoms with E-state index >= 15 is 0 Å². The molecule has 0 aromatic carbocycles. The third-order valence-corrected chi connectivity index (χ3v) is 2.22. The lowest BCUT2D eigenvalue weighted by atomic mass is 10.2. The van der Waals surface area contributed by atoms with Crippen LogP contribution in [0.1, 0.15) is 11.8 Å². The van der Waals surface area contributed by atoms with Crippen molar-refractivity contribution in [1.29, 1.82) is 0 Å². The van der Waals surface area contributed by atoms with E-state index in [2.05, 4.69) is 0 Å². The predicted octanol–water partition coefficient (Wildman–Crippen LogP) is 2.91. The van der Waals surface area contributed by atoms with Crippen molar-refractivity contribution >= 4 is 23.7 Å². The summed E-state index contributed by atoms with van der Waals surface area (Å²) in [5.41, 5.74) is 0.971. The fourth-order valence-electron chi connectivity index (χ4n) is 0.763. The molecule has 12 heavy (non-hydrogen) atoms. The monoisotopic (exact) mass is 178 g/mol. The molecule has 62 valence electrons. The lowest BCUT2D eigenvalue weighted by Crippen LogP contribution is -1.68. The number of carbonyl (C=O) groups is 1. The van der Waals surface area contributed by atoms with E-state index in [-0.39, 0.29) is 0 Å². The highest BCUT2D eigenvalue weighted by molar-refractivity contribution is 7.10. The first kappa shape index (κ1) is 8.94. The van der Waals surface area contributed by atoms with Gasteiger partial charge in [0.05, 0.1) is 0 Å². The Bertz CT molecular complexity index is 294. The van der Waals surface area contributed by atoms with E-state index in [1.165, 1.54) is 4.88 Å². The molecule has 0 spiro atoms. The molecule has 0 aliphatic heterocycles. The summed E-state index contributed by atoms with van der Waals surface area (Å²) >= 11 is 1.68. The van der Waals surface area contributed by atoms with E-state index in [4.69, 9.17) is 0 Å². The average molecular weight is 178 g/mol. The lowest BCUT2D eigenvalue weighted by molar-refractivity contribution is -0.104. The Morgan fingerprint density at radius 1 is 1.58 bits per heavy atom. The molecule has 0 saturated heterocycles. The van der Waals surface area contributed by atoms with Crippen LogP contribution in [0.25, 0.3) is 6.08 Å². The van der Waals surface area contributed by atoms with Gasteiger partial charge in [-0.1, -0.05) is 12.1 Å². The van der Waals surface area contributed by atoms with Gasteiger partial charge in [-0.05, 0) is 36.1 Å². The summed E-state index contributed by atoms with van der Waals surface area (Å²) < 4.78 is 0. The smallest absolute Gasteiger partial charge is 0.143 e. The number of carbonyl (C=O) groups excluding carboxylic acids is 1. The van der Waals surface area contributed by atoms with Crippen LogP contribution in [-0.2, 0) is 4.79 Å². The minimum atomic E-state index is 0.800. The van der Waals surface area contributed by atoms with E-state index in [0.29, 0.717) is 0 Å². The average Bonchev–Trinajstić information content (AvgIpc) is 2.53. The van der Waals surface area contributed by atoms with Gasteiger partial charge in [0, 0.05) is 4.88 Å². The molecule has 0 atom stereocenters. The molecule has 0 bridgehead atoms. The summed E-state index contributed by atoms with van der Waals surface area (Å²) in [6.07, 6.45) is 6.28. The zero-order valence-electron chi connectivity index (χ0n) is 6.86. The summed E-state index contributed by atoms with van der Waals surface area (Å²) in [5.74, 6) is 0. The number of aldehydes is 1. The minimum absolute atomic E-state index is 0.800. The highest BCUT2D eigenvalue weighted by Gasteiger charge is 1.85. The molecular weight excluding hydrogens is 168 g/mol. The third-order valence-electron chi connectivity index (χ3n) is 1.38. The molecule has 2 heteroatoms. The van der Waals surface area contributed by atoms with Crippen LogP contribution >= 0.6 is 11.3 Å². The van der Waals surface area contributed by atoms with Crippen LogP contribution in [0.5, 0.6) is 0 Å². The summed E-state index contributed by atoms with van der Waals surface area (Å²) in [5, 5.41) is 2.03. The van der Waals surface area contributed by atoms with Gasteiger partial charge < -0.3 is 0 Å². The van der Waals surface area contributed by atoms with Crippen LogP contribution < -0.4 is 0 Å². The van der Waals surface area contributed by atoms with Crippen LogP contribution in [-0.4, -0.2) is 6.29 Å². The van der Waals surface area contributed by atoms with Crippen molar-refractivity contribution < 1.29 is 4.79 Å². The largest absolute Gasteiger partial charge is 0.299 e. The number of hydrogen-bond acceptors (Lipinski definition) is 2. The summed E-state index contributed by atoms with van der Waals surface area (Å²) in [6, 6.07) is 4.04. The van der Waals surface area contributed by atoms with E-state index in [1.807, 2.05) is 36.6 Å². The second kappa shape index (κ2) is 4.67. The molecule has 1 rings (SSSR count). The molecule has 1 heterocycles. The van der Waals surface area contributed by atoms with Crippen LogP contribution in [0, 0.1) is 0 Å². The zero-order valence-corrected chi connectivity index (χ0v) is 7.67. The molecule has 0 aliphatic carbocycles. The van der Waals surface area contributed by atoms with Gasteiger partial charge in [0.2, 0.25) is 0 Å². The van der Waals surface area contributed by atoms with Gasteiger partial charge in [0.1, 0.15) is 6.29 Å². The number of hydrogen-bond donors (Lipinski definition) is 0. The Labute approximate surface area is 76.0 Å². The van der Waals surface area contributed by atoms with E-state index < -0.39 is 0 Å². The molecular formula is C10H10OS. The van der Waals surface area contributed by atoms with E-state index in [0.717, 1.165) is 11.9 Å². The Kier molecular flexibility index (Phi) is 3.48. The Balaban J connectivity index is 2.62. The molecule has 0 saturated carbocycles. The van der Waals surface area contributed by atoms with Crippen LogP contribution in [0.3, 0.4) is 0 Å². The SMILES string of the molecule is CC(/C=C/c1cccs1)=C\C=O. The maximum atomic E-state index is 10.1. The second-order valence-corrected chi connectivity index (χ2v) is 3.37. The molecule has 1 nitrogen and oxygen atoms in total. The van der Waals surface area contributed by atoms with Gasteiger partial charge in [-0.2, -0.15) is 0 Å². The minimum Gasteiger partial charge on any atom is -0.299 e. The van der Waals surface area contributed by atoms with Gasteiger partial charge in [0.15, 0.2) is 0 Å². The van der Waals surface area contributed by atoms with Gasteiger partial charge in [0.25, 0.3) is 0 Å². The van der Waals surface area contributed by atoms with Crippen molar-refractivity contribution in [2.24, 2.45) is 0 Å². The fourth-order valence-corrected chi connectivity index (χ4v) is 1.38. The topological polar surface area (TPSA) is 17.1 Å². The van der Waals surface area contributed by atoms with Crippen molar-refractivity contribution in [2.45, 2.75) is 6.92 Å². The highest BCUT2D eigenvalue weighted by atomic mass is 32.1. The third kappa shape index (κ3) is 2.84. The van der Waals surface area contributed by atoms with Gasteiger partial charge in [-0.25, -0.2) is 0 Å². The summed E-state index contributed by atoms with van der Waals surface area (Å²) in [6.45, 7) is 1.90. The zero-order chi connectivity index (χ0) is 8.81. The molecule has 1 aromatic rings.